The van der Waals surface area contributed by atoms with Crippen LogP contribution in [-0.2, 0) is 9.84 Å². The van der Waals surface area contributed by atoms with Crippen LogP contribution in [0.25, 0.3) is 0 Å². The lowest BCUT2D eigenvalue weighted by molar-refractivity contribution is 0.0726. The number of amides is 1. The summed E-state index contributed by atoms with van der Waals surface area (Å²) in [6.45, 7) is 0.662. The molecule has 1 saturated heterocycles. The SMILES string of the molecule is O=C(c1ccccc1Br)N1CCC[C@H](S(=O)(=O)c2ccc(F)cc2)C1. The third-order valence-electron chi connectivity index (χ3n) is 4.35. The van der Waals surface area contributed by atoms with Crippen LogP contribution in [0, 0.1) is 5.82 Å². The van der Waals surface area contributed by atoms with Gasteiger partial charge in [-0.15, -0.1) is 0 Å². The van der Waals surface area contributed by atoms with Crippen molar-refractivity contribution in [2.24, 2.45) is 0 Å². The van der Waals surface area contributed by atoms with Crippen LogP contribution in [0.4, 0.5) is 4.39 Å². The Balaban J connectivity index is 1.82. The molecule has 2 aromatic rings. The predicted molar refractivity (Wildman–Crippen MR) is 96.7 cm³/mol. The quantitative estimate of drug-likeness (QED) is 0.704. The van der Waals surface area contributed by atoms with Crippen LogP contribution < -0.4 is 0 Å². The van der Waals surface area contributed by atoms with Gasteiger partial charge in [0.05, 0.1) is 15.7 Å². The Morgan fingerprint density at radius 1 is 1.12 bits per heavy atom. The standard InChI is InChI=1S/C18H17BrFNO3S/c19-17-6-2-1-5-16(17)18(22)21-11-3-4-15(12-21)25(23,24)14-9-7-13(20)8-10-14/h1-2,5-10,15H,3-4,11-12H2/t15-/m0/s1. The molecule has 0 aliphatic carbocycles. The van der Waals surface area contributed by atoms with E-state index in [1.54, 1.807) is 23.1 Å². The molecule has 1 aliphatic heterocycles. The number of piperidine rings is 1. The number of sulfone groups is 1. The molecule has 132 valence electrons. The summed E-state index contributed by atoms with van der Waals surface area (Å²) in [6.07, 6.45) is 1.10. The third-order valence-corrected chi connectivity index (χ3v) is 7.23. The minimum Gasteiger partial charge on any atom is -0.337 e. The van der Waals surface area contributed by atoms with Gasteiger partial charge in [0, 0.05) is 17.6 Å². The highest BCUT2D eigenvalue weighted by Gasteiger charge is 2.34. The average molecular weight is 426 g/mol. The van der Waals surface area contributed by atoms with Crippen molar-refractivity contribution in [2.75, 3.05) is 13.1 Å². The summed E-state index contributed by atoms with van der Waals surface area (Å²) in [5, 5.41) is -0.682. The van der Waals surface area contributed by atoms with E-state index in [1.165, 1.54) is 12.1 Å². The summed E-state index contributed by atoms with van der Waals surface area (Å²) in [6, 6.07) is 11.9. The number of carbonyl (C=O) groups excluding carboxylic acids is 1. The van der Waals surface area contributed by atoms with Crippen LogP contribution in [0.2, 0.25) is 0 Å². The maximum atomic E-state index is 13.1. The average Bonchev–Trinajstić information content (AvgIpc) is 2.62. The number of hydrogen-bond acceptors (Lipinski definition) is 3. The molecule has 3 rings (SSSR count). The largest absolute Gasteiger partial charge is 0.337 e. The van der Waals surface area contributed by atoms with E-state index in [1.807, 2.05) is 6.07 Å². The second kappa shape index (κ2) is 7.25. The highest BCUT2D eigenvalue weighted by atomic mass is 79.9. The highest BCUT2D eigenvalue weighted by Crippen LogP contribution is 2.26. The van der Waals surface area contributed by atoms with E-state index in [4.69, 9.17) is 0 Å². The van der Waals surface area contributed by atoms with Crippen molar-refractivity contribution >= 4 is 31.7 Å². The number of halogens is 2. The Morgan fingerprint density at radius 3 is 2.48 bits per heavy atom. The minimum absolute atomic E-state index is 0.0918. The molecule has 0 aromatic heterocycles. The van der Waals surface area contributed by atoms with Gasteiger partial charge in [-0.1, -0.05) is 12.1 Å². The topological polar surface area (TPSA) is 54.5 Å². The van der Waals surface area contributed by atoms with Crippen molar-refractivity contribution in [1.82, 2.24) is 4.90 Å². The molecule has 0 radical (unpaired) electrons. The van der Waals surface area contributed by atoms with E-state index >= 15 is 0 Å². The Labute approximate surface area is 154 Å². The fourth-order valence-electron chi connectivity index (χ4n) is 3.00. The Bertz CT molecular complexity index is 883. The second-order valence-corrected chi connectivity index (χ2v) is 9.08. The molecule has 0 spiro atoms. The maximum Gasteiger partial charge on any atom is 0.255 e. The first kappa shape index (κ1) is 18.1. The van der Waals surface area contributed by atoms with Crippen LogP contribution >= 0.6 is 15.9 Å². The molecule has 2 aromatic carbocycles. The van der Waals surface area contributed by atoms with E-state index < -0.39 is 20.9 Å². The molecule has 1 aliphatic rings. The molecule has 1 heterocycles. The Kier molecular flexibility index (Phi) is 5.24. The lowest BCUT2D eigenvalue weighted by atomic mass is 10.1. The number of benzene rings is 2. The summed E-state index contributed by atoms with van der Waals surface area (Å²) in [4.78, 5) is 14.4. The van der Waals surface area contributed by atoms with Gasteiger partial charge in [-0.05, 0) is 65.2 Å². The summed E-state index contributed by atoms with van der Waals surface area (Å²) in [7, 11) is -3.61. The normalized spacial score (nSPS) is 18.2. The zero-order chi connectivity index (χ0) is 18.0. The fourth-order valence-corrected chi connectivity index (χ4v) is 5.21. The monoisotopic (exact) mass is 425 g/mol. The van der Waals surface area contributed by atoms with Gasteiger partial charge in [-0.3, -0.25) is 4.79 Å². The van der Waals surface area contributed by atoms with Gasteiger partial charge in [-0.25, -0.2) is 12.8 Å². The first-order valence-electron chi connectivity index (χ1n) is 7.93. The summed E-state index contributed by atoms with van der Waals surface area (Å²) in [5.74, 6) is -0.667. The first-order valence-corrected chi connectivity index (χ1v) is 10.3. The predicted octanol–water partition coefficient (Wildman–Crippen LogP) is 3.67. The fraction of sp³-hybridized carbons (Fsp3) is 0.278. The van der Waals surface area contributed by atoms with Crippen LogP contribution in [0.1, 0.15) is 23.2 Å². The molecular weight excluding hydrogens is 409 g/mol. The molecule has 0 unspecified atom stereocenters. The van der Waals surface area contributed by atoms with Gasteiger partial charge in [0.2, 0.25) is 0 Å². The van der Waals surface area contributed by atoms with Gasteiger partial charge < -0.3 is 4.90 Å². The molecular formula is C18H17BrFNO3S. The van der Waals surface area contributed by atoms with Crippen molar-refractivity contribution in [1.29, 1.82) is 0 Å². The smallest absolute Gasteiger partial charge is 0.255 e. The van der Waals surface area contributed by atoms with E-state index in [-0.39, 0.29) is 17.3 Å². The summed E-state index contributed by atoms with van der Waals surface area (Å²) >= 11 is 3.36. The Morgan fingerprint density at radius 2 is 1.80 bits per heavy atom. The van der Waals surface area contributed by atoms with Gasteiger partial charge in [-0.2, -0.15) is 0 Å². The highest BCUT2D eigenvalue weighted by molar-refractivity contribution is 9.10. The number of likely N-dealkylation sites (tertiary alicyclic amines) is 1. The van der Waals surface area contributed by atoms with Crippen LogP contribution in [0.15, 0.2) is 57.9 Å². The Hall–Kier alpha value is -1.73. The zero-order valence-electron chi connectivity index (χ0n) is 13.4. The first-order chi connectivity index (χ1) is 11.9. The molecule has 7 heteroatoms. The second-order valence-electron chi connectivity index (χ2n) is 5.99. The van der Waals surface area contributed by atoms with E-state index in [0.717, 1.165) is 12.1 Å². The molecule has 25 heavy (non-hydrogen) atoms. The van der Waals surface area contributed by atoms with Gasteiger partial charge in [0.15, 0.2) is 9.84 Å². The molecule has 1 amide bonds. The summed E-state index contributed by atoms with van der Waals surface area (Å²) < 4.78 is 39.3. The third kappa shape index (κ3) is 3.77. The number of rotatable bonds is 3. The molecule has 0 bridgehead atoms. The van der Waals surface area contributed by atoms with E-state index in [2.05, 4.69) is 15.9 Å². The number of hydrogen-bond donors (Lipinski definition) is 0. The van der Waals surface area contributed by atoms with Crippen molar-refractivity contribution in [3.8, 4) is 0 Å². The van der Waals surface area contributed by atoms with Crippen molar-refractivity contribution in [3.05, 3.63) is 64.4 Å². The van der Waals surface area contributed by atoms with Crippen molar-refractivity contribution < 1.29 is 17.6 Å². The molecule has 0 N–H and O–H groups in total. The molecule has 4 nitrogen and oxygen atoms in total. The summed E-state index contributed by atoms with van der Waals surface area (Å²) in [5.41, 5.74) is 0.516. The van der Waals surface area contributed by atoms with Crippen LogP contribution in [0.3, 0.4) is 0 Å². The molecule has 0 saturated carbocycles. The zero-order valence-corrected chi connectivity index (χ0v) is 15.8. The van der Waals surface area contributed by atoms with E-state index in [9.17, 15) is 17.6 Å². The van der Waals surface area contributed by atoms with Gasteiger partial charge in [0.25, 0.3) is 5.91 Å². The van der Waals surface area contributed by atoms with E-state index in [0.29, 0.717) is 29.4 Å². The molecule has 1 atom stereocenters. The van der Waals surface area contributed by atoms with Crippen molar-refractivity contribution in [2.45, 2.75) is 23.0 Å². The minimum atomic E-state index is -3.61. The maximum absolute atomic E-state index is 13.1. The van der Waals surface area contributed by atoms with Gasteiger partial charge in [0.1, 0.15) is 5.82 Å². The lowest BCUT2D eigenvalue weighted by Crippen LogP contribution is -2.45. The van der Waals surface area contributed by atoms with Crippen LogP contribution in [-0.4, -0.2) is 37.6 Å². The van der Waals surface area contributed by atoms with Crippen molar-refractivity contribution in [3.63, 3.8) is 0 Å². The van der Waals surface area contributed by atoms with Crippen LogP contribution in [0.5, 0.6) is 0 Å². The number of carbonyl (C=O) groups is 1. The lowest BCUT2D eigenvalue weighted by Gasteiger charge is -2.32. The molecule has 1 fully saturated rings. The van der Waals surface area contributed by atoms with Gasteiger partial charge >= 0.3 is 0 Å². The number of nitrogens with zero attached hydrogens (tertiary/aromatic N) is 1.